The molecular formula is C31H42N2O6. The number of aliphatic hydroxyl groups is 1. The zero-order chi connectivity index (χ0) is 28.7. The van der Waals surface area contributed by atoms with Crippen molar-refractivity contribution in [3.63, 3.8) is 0 Å². The summed E-state index contributed by atoms with van der Waals surface area (Å²) in [5.74, 6) is 0.212. The summed E-state index contributed by atoms with van der Waals surface area (Å²) in [6, 6.07) is 9.94. The highest BCUT2D eigenvalue weighted by atomic mass is 16.5. The number of amides is 1. The number of unbranched alkanes of at least 4 members (excludes halogenated alkanes) is 2. The van der Waals surface area contributed by atoms with Gasteiger partial charge >= 0.3 is 0 Å². The molecule has 1 aliphatic rings. The van der Waals surface area contributed by atoms with Gasteiger partial charge in [0.2, 0.25) is 0 Å². The Labute approximate surface area is 232 Å². The van der Waals surface area contributed by atoms with Gasteiger partial charge in [-0.05, 0) is 82.7 Å². The predicted molar refractivity (Wildman–Crippen MR) is 153 cm³/mol. The number of hydrogen-bond donors (Lipinski definition) is 1. The van der Waals surface area contributed by atoms with Gasteiger partial charge in [0.05, 0.1) is 31.4 Å². The maximum atomic E-state index is 13.4. The van der Waals surface area contributed by atoms with E-state index in [1.54, 1.807) is 31.4 Å². The van der Waals surface area contributed by atoms with Gasteiger partial charge in [0.15, 0.2) is 11.5 Å². The maximum Gasteiger partial charge on any atom is 0.295 e. The zero-order valence-corrected chi connectivity index (χ0v) is 24.2. The Kier molecular flexibility index (Phi) is 10.4. The number of carbonyl (C=O) groups excluding carboxylic acids is 2. The zero-order valence-electron chi connectivity index (χ0n) is 24.2. The van der Waals surface area contributed by atoms with Crippen LogP contribution in [0.25, 0.3) is 5.76 Å². The monoisotopic (exact) mass is 538 g/mol. The second-order valence-electron chi connectivity index (χ2n) is 10.4. The quantitative estimate of drug-likeness (QED) is 0.159. The number of aliphatic hydroxyl groups excluding tert-OH is 1. The van der Waals surface area contributed by atoms with Gasteiger partial charge in [-0.15, -0.1) is 0 Å². The first-order chi connectivity index (χ1) is 18.6. The molecule has 1 atom stereocenters. The van der Waals surface area contributed by atoms with Crippen LogP contribution >= 0.6 is 0 Å². The number of ketones is 1. The molecule has 0 bridgehead atoms. The Morgan fingerprint density at radius 3 is 2.44 bits per heavy atom. The smallest absolute Gasteiger partial charge is 0.295 e. The second kappa shape index (κ2) is 13.5. The van der Waals surface area contributed by atoms with E-state index in [1.807, 2.05) is 51.9 Å². The van der Waals surface area contributed by atoms with Crippen molar-refractivity contribution in [3.05, 3.63) is 58.7 Å². The summed E-state index contributed by atoms with van der Waals surface area (Å²) in [4.78, 5) is 30.1. The van der Waals surface area contributed by atoms with Crippen LogP contribution in [0.2, 0.25) is 0 Å². The normalized spacial score (nSPS) is 16.8. The summed E-state index contributed by atoms with van der Waals surface area (Å²) < 4.78 is 17.3. The van der Waals surface area contributed by atoms with E-state index in [0.717, 1.165) is 24.8 Å². The summed E-state index contributed by atoms with van der Waals surface area (Å²) >= 11 is 0. The summed E-state index contributed by atoms with van der Waals surface area (Å²) in [5, 5.41) is 11.5. The number of ether oxygens (including phenoxy) is 3. The Morgan fingerprint density at radius 1 is 1.08 bits per heavy atom. The van der Waals surface area contributed by atoms with Gasteiger partial charge in [0.1, 0.15) is 11.5 Å². The highest BCUT2D eigenvalue weighted by molar-refractivity contribution is 6.46. The number of aryl methyl sites for hydroxylation is 1. The average molecular weight is 539 g/mol. The van der Waals surface area contributed by atoms with E-state index in [2.05, 4.69) is 6.92 Å². The van der Waals surface area contributed by atoms with Crippen molar-refractivity contribution in [1.82, 2.24) is 9.80 Å². The third-order valence-corrected chi connectivity index (χ3v) is 6.66. The number of benzene rings is 2. The van der Waals surface area contributed by atoms with Crippen molar-refractivity contribution in [3.8, 4) is 17.2 Å². The molecule has 2 aromatic rings. The second-order valence-corrected chi connectivity index (χ2v) is 10.4. The van der Waals surface area contributed by atoms with Crippen LogP contribution in [0.3, 0.4) is 0 Å². The summed E-state index contributed by atoms with van der Waals surface area (Å²) in [6.45, 7) is 9.30. The van der Waals surface area contributed by atoms with Crippen molar-refractivity contribution in [1.29, 1.82) is 0 Å². The van der Waals surface area contributed by atoms with Gasteiger partial charge < -0.3 is 29.1 Å². The third-order valence-electron chi connectivity index (χ3n) is 6.66. The molecule has 1 heterocycles. The van der Waals surface area contributed by atoms with Crippen molar-refractivity contribution in [2.24, 2.45) is 0 Å². The number of likely N-dealkylation sites (tertiary alicyclic amines) is 1. The van der Waals surface area contributed by atoms with Gasteiger partial charge in [-0.2, -0.15) is 0 Å². The average Bonchev–Trinajstić information content (AvgIpc) is 3.14. The number of carbonyl (C=O) groups is 2. The lowest BCUT2D eigenvalue weighted by atomic mass is 9.93. The van der Waals surface area contributed by atoms with Crippen LogP contribution in [0.15, 0.2) is 42.0 Å². The lowest BCUT2D eigenvalue weighted by Gasteiger charge is -2.27. The Hall–Kier alpha value is -3.52. The van der Waals surface area contributed by atoms with Crippen LogP contribution in [0.1, 0.15) is 62.8 Å². The molecule has 0 radical (unpaired) electrons. The van der Waals surface area contributed by atoms with Crippen LogP contribution in [0, 0.1) is 6.92 Å². The minimum absolute atomic E-state index is 0.000514. The van der Waals surface area contributed by atoms with Crippen molar-refractivity contribution < 1.29 is 28.9 Å². The standard InChI is InChI=1S/C31H42N2O6/c1-8-9-10-17-38-25-14-11-22(19-26(25)37-7)28-27(30(35)31(36)33(28)16-15-32(5)6)29(34)24-13-12-23(18-21(24)4)39-20(2)3/h11-14,18-20,28,34H,8-10,15-17H2,1-7H3/b29-27+. The van der Waals surface area contributed by atoms with Gasteiger partial charge in [-0.1, -0.05) is 25.8 Å². The molecule has 0 aromatic heterocycles. The van der Waals surface area contributed by atoms with Crippen LogP contribution in [0.5, 0.6) is 17.2 Å². The lowest BCUT2D eigenvalue weighted by molar-refractivity contribution is -0.140. The van der Waals surface area contributed by atoms with Gasteiger partial charge in [0.25, 0.3) is 11.7 Å². The molecule has 8 nitrogen and oxygen atoms in total. The van der Waals surface area contributed by atoms with E-state index >= 15 is 0 Å². The SMILES string of the molecule is CCCCCOc1ccc(C2/C(=C(\O)c3ccc(OC(C)C)cc3C)C(=O)C(=O)N2CCN(C)C)cc1OC. The molecule has 8 heteroatoms. The molecule has 0 saturated carbocycles. The summed E-state index contributed by atoms with van der Waals surface area (Å²) in [5.41, 5.74) is 1.92. The highest BCUT2D eigenvalue weighted by Gasteiger charge is 2.46. The largest absolute Gasteiger partial charge is 0.507 e. The molecular weight excluding hydrogens is 496 g/mol. The molecule has 1 amide bonds. The molecule has 0 aliphatic carbocycles. The van der Waals surface area contributed by atoms with Gasteiger partial charge in [0, 0.05) is 18.7 Å². The van der Waals surface area contributed by atoms with E-state index in [9.17, 15) is 14.7 Å². The topological polar surface area (TPSA) is 88.5 Å². The Morgan fingerprint density at radius 2 is 1.82 bits per heavy atom. The number of likely N-dealkylation sites (N-methyl/N-ethyl adjacent to an activating group) is 1. The highest BCUT2D eigenvalue weighted by Crippen LogP contribution is 2.42. The fourth-order valence-electron chi connectivity index (χ4n) is 4.67. The molecule has 0 spiro atoms. The minimum Gasteiger partial charge on any atom is -0.507 e. The van der Waals surface area contributed by atoms with E-state index in [4.69, 9.17) is 14.2 Å². The van der Waals surface area contributed by atoms with E-state index in [-0.39, 0.29) is 17.4 Å². The molecule has 1 unspecified atom stereocenters. The van der Waals surface area contributed by atoms with Crippen LogP contribution in [0.4, 0.5) is 0 Å². The minimum atomic E-state index is -0.779. The van der Waals surface area contributed by atoms with E-state index < -0.39 is 17.7 Å². The van der Waals surface area contributed by atoms with E-state index in [0.29, 0.717) is 48.1 Å². The van der Waals surface area contributed by atoms with Crippen molar-refractivity contribution in [2.75, 3.05) is 40.9 Å². The first-order valence-corrected chi connectivity index (χ1v) is 13.6. The first-order valence-electron chi connectivity index (χ1n) is 13.6. The number of Topliss-reactive ketones (excluding diaryl/α,β-unsaturated/α-hetero) is 1. The van der Waals surface area contributed by atoms with Crippen LogP contribution < -0.4 is 14.2 Å². The van der Waals surface area contributed by atoms with Crippen LogP contribution in [-0.2, 0) is 9.59 Å². The lowest BCUT2D eigenvalue weighted by Crippen LogP contribution is -2.35. The molecule has 3 rings (SSSR count). The number of nitrogens with zero attached hydrogens (tertiary/aromatic N) is 2. The molecule has 39 heavy (non-hydrogen) atoms. The predicted octanol–water partition coefficient (Wildman–Crippen LogP) is 5.34. The molecule has 212 valence electrons. The van der Waals surface area contributed by atoms with Crippen molar-refractivity contribution >= 4 is 17.4 Å². The summed E-state index contributed by atoms with van der Waals surface area (Å²) in [6.07, 6.45) is 3.11. The maximum absolute atomic E-state index is 13.4. The fraction of sp³-hybridized carbons (Fsp3) is 0.484. The molecule has 1 fully saturated rings. The Balaban J connectivity index is 2.09. The molecule has 1 saturated heterocycles. The number of hydrogen-bond acceptors (Lipinski definition) is 7. The molecule has 1 aliphatic heterocycles. The van der Waals surface area contributed by atoms with Crippen LogP contribution in [-0.4, -0.2) is 73.6 Å². The Bertz CT molecular complexity index is 1200. The van der Waals surface area contributed by atoms with Gasteiger partial charge in [-0.25, -0.2) is 0 Å². The van der Waals surface area contributed by atoms with Crippen molar-refractivity contribution in [2.45, 2.75) is 59.1 Å². The number of rotatable bonds is 13. The molecule has 1 N–H and O–H groups in total. The third kappa shape index (κ3) is 7.12. The first kappa shape index (κ1) is 30.0. The fourth-order valence-corrected chi connectivity index (χ4v) is 4.67. The van der Waals surface area contributed by atoms with E-state index in [1.165, 1.54) is 4.90 Å². The van der Waals surface area contributed by atoms with Gasteiger partial charge in [-0.3, -0.25) is 9.59 Å². The number of methoxy groups -OCH3 is 1. The summed E-state index contributed by atoms with van der Waals surface area (Å²) in [7, 11) is 5.37. The molecule has 2 aromatic carbocycles.